The zero-order valence-corrected chi connectivity index (χ0v) is 20.5. The number of nitrogens with zero attached hydrogens (tertiary/aromatic N) is 2. The molecule has 33 heavy (non-hydrogen) atoms. The molecule has 0 bridgehead atoms. The fourth-order valence-electron chi connectivity index (χ4n) is 3.60. The van der Waals surface area contributed by atoms with Crippen molar-refractivity contribution in [1.82, 2.24) is 4.57 Å². The average Bonchev–Trinajstić information content (AvgIpc) is 2.82. The minimum absolute atomic E-state index is 0.0395. The van der Waals surface area contributed by atoms with Crippen LogP contribution in [-0.4, -0.2) is 25.0 Å². The molecule has 1 heterocycles. The first-order valence-corrected chi connectivity index (χ1v) is 15.0. The monoisotopic (exact) mass is 454 g/mol. The zero-order valence-electron chi connectivity index (χ0n) is 19.5. The van der Waals surface area contributed by atoms with Crippen LogP contribution in [0.1, 0.15) is 11.1 Å². The standard InChI is InChI=1S/C28H30N2O2Si/c1-33(2,3)19-18-32-21-30-17-16-24-20-25(14-15-26(24)28(30)31)29-27(22-10-6-4-7-11-22)23-12-8-5-9-13-23/h4-17,20H,18-19,21H2,1-3H3. The molecular weight excluding hydrogens is 424 g/mol. The van der Waals surface area contributed by atoms with E-state index < -0.39 is 8.07 Å². The second-order valence-electron chi connectivity index (χ2n) is 9.40. The highest BCUT2D eigenvalue weighted by Crippen LogP contribution is 2.22. The van der Waals surface area contributed by atoms with Gasteiger partial charge in [0.2, 0.25) is 0 Å². The smallest absolute Gasteiger partial charge is 0.260 e. The Kier molecular flexibility index (Phi) is 7.01. The highest BCUT2D eigenvalue weighted by Gasteiger charge is 2.12. The Morgan fingerprint density at radius 1 is 0.879 bits per heavy atom. The summed E-state index contributed by atoms with van der Waals surface area (Å²) in [6.45, 7) is 7.93. The predicted octanol–water partition coefficient (Wildman–Crippen LogP) is 6.48. The van der Waals surface area contributed by atoms with Gasteiger partial charge in [0.05, 0.1) is 11.4 Å². The van der Waals surface area contributed by atoms with E-state index in [0.29, 0.717) is 12.0 Å². The molecule has 4 aromatic rings. The highest BCUT2D eigenvalue weighted by atomic mass is 28.3. The molecule has 0 spiro atoms. The van der Waals surface area contributed by atoms with Crippen LogP contribution in [0, 0.1) is 0 Å². The third-order valence-corrected chi connectivity index (χ3v) is 7.23. The van der Waals surface area contributed by atoms with E-state index in [1.807, 2.05) is 66.9 Å². The van der Waals surface area contributed by atoms with Crippen LogP contribution < -0.4 is 5.56 Å². The lowest BCUT2D eigenvalue weighted by Gasteiger charge is -2.16. The number of rotatable bonds is 8. The van der Waals surface area contributed by atoms with Gasteiger partial charge in [-0.25, -0.2) is 4.99 Å². The second-order valence-corrected chi connectivity index (χ2v) is 15.0. The molecule has 1 aromatic heterocycles. The summed E-state index contributed by atoms with van der Waals surface area (Å²) in [6.07, 6.45) is 1.81. The largest absolute Gasteiger partial charge is 0.361 e. The van der Waals surface area contributed by atoms with Gasteiger partial charge in [0.1, 0.15) is 6.73 Å². The molecule has 0 saturated heterocycles. The van der Waals surface area contributed by atoms with Crippen LogP contribution in [0.4, 0.5) is 5.69 Å². The number of aliphatic imine (C=N–C) groups is 1. The van der Waals surface area contributed by atoms with Crippen molar-refractivity contribution in [3.63, 3.8) is 0 Å². The van der Waals surface area contributed by atoms with Crippen molar-refractivity contribution >= 4 is 30.2 Å². The number of aromatic nitrogens is 1. The first-order chi connectivity index (χ1) is 15.9. The molecule has 0 fully saturated rings. The lowest BCUT2D eigenvalue weighted by molar-refractivity contribution is 0.0851. The molecule has 0 amide bonds. The van der Waals surface area contributed by atoms with Crippen LogP contribution in [0.15, 0.2) is 101 Å². The van der Waals surface area contributed by atoms with Gasteiger partial charge in [0.15, 0.2) is 0 Å². The summed E-state index contributed by atoms with van der Waals surface area (Å²) in [6, 6.07) is 29.1. The highest BCUT2D eigenvalue weighted by molar-refractivity contribution is 6.76. The summed E-state index contributed by atoms with van der Waals surface area (Å²) in [5.74, 6) is 0. The van der Waals surface area contributed by atoms with E-state index in [4.69, 9.17) is 9.73 Å². The SMILES string of the molecule is C[Si](C)(C)CCOCn1ccc2cc(N=C(c3ccccc3)c3ccccc3)ccc2c1=O. The van der Waals surface area contributed by atoms with E-state index in [0.717, 1.165) is 34.0 Å². The summed E-state index contributed by atoms with van der Waals surface area (Å²) in [4.78, 5) is 17.9. The fourth-order valence-corrected chi connectivity index (χ4v) is 4.36. The van der Waals surface area contributed by atoms with E-state index >= 15 is 0 Å². The van der Waals surface area contributed by atoms with Gasteiger partial charge in [0, 0.05) is 37.4 Å². The van der Waals surface area contributed by atoms with E-state index in [1.54, 1.807) is 4.57 Å². The van der Waals surface area contributed by atoms with Crippen LogP contribution in [0.3, 0.4) is 0 Å². The number of hydrogen-bond acceptors (Lipinski definition) is 3. The summed E-state index contributed by atoms with van der Waals surface area (Å²) >= 11 is 0. The maximum atomic E-state index is 13.0. The minimum atomic E-state index is -1.15. The van der Waals surface area contributed by atoms with Gasteiger partial charge in [0.25, 0.3) is 5.56 Å². The van der Waals surface area contributed by atoms with Crippen molar-refractivity contribution in [1.29, 1.82) is 0 Å². The molecule has 4 rings (SSSR count). The second kappa shape index (κ2) is 10.1. The minimum Gasteiger partial charge on any atom is -0.361 e. The zero-order chi connectivity index (χ0) is 23.3. The Morgan fingerprint density at radius 3 is 2.12 bits per heavy atom. The van der Waals surface area contributed by atoms with Gasteiger partial charge >= 0.3 is 0 Å². The maximum absolute atomic E-state index is 13.0. The van der Waals surface area contributed by atoms with Gasteiger partial charge in [-0.3, -0.25) is 9.36 Å². The quantitative estimate of drug-likeness (QED) is 0.174. The van der Waals surface area contributed by atoms with Crippen LogP contribution in [0.5, 0.6) is 0 Å². The fraction of sp³-hybridized carbons (Fsp3) is 0.214. The summed E-state index contributed by atoms with van der Waals surface area (Å²) in [5.41, 5.74) is 3.78. The van der Waals surface area contributed by atoms with Gasteiger partial charge < -0.3 is 4.74 Å². The van der Waals surface area contributed by atoms with Crippen molar-refractivity contribution in [3.05, 3.63) is 113 Å². The third-order valence-electron chi connectivity index (χ3n) is 5.52. The van der Waals surface area contributed by atoms with Crippen molar-refractivity contribution < 1.29 is 4.74 Å². The Bertz CT molecular complexity index is 1270. The van der Waals surface area contributed by atoms with Gasteiger partial charge in [-0.15, -0.1) is 0 Å². The Balaban J connectivity index is 1.63. The van der Waals surface area contributed by atoms with Crippen molar-refractivity contribution in [2.45, 2.75) is 32.4 Å². The average molecular weight is 455 g/mol. The Hall–Kier alpha value is -3.28. The number of benzene rings is 3. The van der Waals surface area contributed by atoms with Crippen LogP contribution in [0.25, 0.3) is 10.8 Å². The summed E-state index contributed by atoms with van der Waals surface area (Å²) in [7, 11) is -1.15. The summed E-state index contributed by atoms with van der Waals surface area (Å²) < 4.78 is 7.41. The Labute approximate surface area is 196 Å². The van der Waals surface area contributed by atoms with Gasteiger partial charge in [-0.1, -0.05) is 80.3 Å². The summed E-state index contributed by atoms with van der Waals surface area (Å²) in [5, 5.41) is 1.55. The molecule has 0 unspecified atom stereocenters. The molecule has 0 aliphatic rings. The van der Waals surface area contributed by atoms with E-state index in [9.17, 15) is 4.79 Å². The van der Waals surface area contributed by atoms with Crippen molar-refractivity contribution in [2.24, 2.45) is 4.99 Å². The first kappa shape index (κ1) is 22.9. The van der Waals surface area contributed by atoms with Gasteiger partial charge in [-0.05, 0) is 35.7 Å². The topological polar surface area (TPSA) is 43.6 Å². The van der Waals surface area contributed by atoms with E-state index in [1.165, 1.54) is 0 Å². The molecule has 0 atom stereocenters. The molecule has 0 aliphatic heterocycles. The Morgan fingerprint density at radius 2 is 1.52 bits per heavy atom. The normalized spacial score (nSPS) is 11.5. The third kappa shape index (κ3) is 5.95. The van der Waals surface area contributed by atoms with Crippen LogP contribution in [0.2, 0.25) is 25.7 Å². The number of fused-ring (bicyclic) bond motifs is 1. The van der Waals surface area contributed by atoms with E-state index in [2.05, 4.69) is 43.9 Å². The van der Waals surface area contributed by atoms with Gasteiger partial charge in [-0.2, -0.15) is 0 Å². The van der Waals surface area contributed by atoms with Crippen LogP contribution >= 0.6 is 0 Å². The van der Waals surface area contributed by atoms with Crippen LogP contribution in [-0.2, 0) is 11.5 Å². The lowest BCUT2D eigenvalue weighted by Crippen LogP contribution is -2.24. The molecule has 4 nitrogen and oxygen atoms in total. The number of hydrogen-bond donors (Lipinski definition) is 0. The predicted molar refractivity (Wildman–Crippen MR) is 140 cm³/mol. The van der Waals surface area contributed by atoms with Crippen molar-refractivity contribution in [2.75, 3.05) is 6.61 Å². The molecule has 168 valence electrons. The number of ether oxygens (including phenoxy) is 1. The molecule has 5 heteroatoms. The molecule has 3 aromatic carbocycles. The molecule has 0 saturated carbocycles. The number of pyridine rings is 1. The molecule has 0 N–H and O–H groups in total. The molecule has 0 radical (unpaired) electrons. The molecular formula is C28H30N2O2Si. The van der Waals surface area contributed by atoms with Crippen molar-refractivity contribution in [3.8, 4) is 0 Å². The maximum Gasteiger partial charge on any atom is 0.260 e. The lowest BCUT2D eigenvalue weighted by atomic mass is 10.0. The van der Waals surface area contributed by atoms with E-state index in [-0.39, 0.29) is 12.3 Å². The molecule has 0 aliphatic carbocycles. The first-order valence-electron chi connectivity index (χ1n) is 11.3.